The molecule has 0 spiro atoms. The molecule has 7 nitrogen and oxygen atoms in total. The molecule has 0 amide bonds. The molecule has 0 radical (unpaired) electrons. The van der Waals surface area contributed by atoms with Crippen molar-refractivity contribution in [2.75, 3.05) is 64.4 Å². The van der Waals surface area contributed by atoms with Gasteiger partial charge in [-0.25, -0.2) is 9.97 Å². The van der Waals surface area contributed by atoms with E-state index in [1.807, 2.05) is 0 Å². The topological polar surface area (TPSA) is 74.3 Å². The Bertz CT molecular complexity index is 412. The third-order valence-electron chi connectivity index (χ3n) is 3.32. The highest BCUT2D eigenvalue weighted by atomic mass is 35.5. The molecule has 0 saturated carbocycles. The molecular formula is C13H23ClN6O. The summed E-state index contributed by atoms with van der Waals surface area (Å²) in [5.41, 5.74) is 0. The molecule has 118 valence electrons. The fraction of sp³-hybridized carbons (Fsp3) is 0.692. The molecule has 3 heterocycles. The molecule has 1 aromatic rings. The summed E-state index contributed by atoms with van der Waals surface area (Å²) in [5, 5.41) is 10.1. The Morgan fingerprint density at radius 1 is 1.00 bits per heavy atom. The van der Waals surface area contributed by atoms with Crippen LogP contribution >= 0.6 is 11.6 Å². The average Bonchev–Trinajstić information content (AvgIpc) is 2.57. The molecule has 0 atom stereocenters. The second kappa shape index (κ2) is 8.99. The summed E-state index contributed by atoms with van der Waals surface area (Å²) in [4.78, 5) is 10.2. The van der Waals surface area contributed by atoms with Crippen molar-refractivity contribution in [1.82, 2.24) is 25.9 Å². The lowest BCUT2D eigenvalue weighted by molar-refractivity contribution is 0.409. The summed E-state index contributed by atoms with van der Waals surface area (Å²) in [5.74, 6) is 1.33. The van der Waals surface area contributed by atoms with Crippen LogP contribution in [0.1, 0.15) is 0 Å². The van der Waals surface area contributed by atoms with Gasteiger partial charge in [0.1, 0.15) is 6.33 Å². The number of ether oxygens (including phenoxy) is 1. The number of halogens is 1. The van der Waals surface area contributed by atoms with E-state index in [1.165, 1.54) is 6.33 Å². The molecule has 0 bridgehead atoms. The largest absolute Gasteiger partial charge is 0.490 e. The van der Waals surface area contributed by atoms with E-state index >= 15 is 0 Å². The smallest absolute Gasteiger partial charge is 0.199 e. The van der Waals surface area contributed by atoms with Crippen LogP contribution < -0.4 is 25.6 Å². The Labute approximate surface area is 130 Å². The third-order valence-corrected chi connectivity index (χ3v) is 3.59. The van der Waals surface area contributed by atoms with Gasteiger partial charge in [-0.3, -0.25) is 0 Å². The second-order valence-electron chi connectivity index (χ2n) is 4.76. The third kappa shape index (κ3) is 4.96. The number of nitrogens with zero attached hydrogens (tertiary/aromatic N) is 3. The molecule has 0 aliphatic carbocycles. The Morgan fingerprint density at radius 2 is 1.57 bits per heavy atom. The van der Waals surface area contributed by atoms with Gasteiger partial charge in [0.05, 0.1) is 7.11 Å². The van der Waals surface area contributed by atoms with Crippen molar-refractivity contribution in [2.24, 2.45) is 0 Å². The van der Waals surface area contributed by atoms with Crippen molar-refractivity contribution in [3.05, 3.63) is 11.5 Å². The van der Waals surface area contributed by atoms with Crippen LogP contribution in [0.15, 0.2) is 6.33 Å². The number of hydrogen-bond acceptors (Lipinski definition) is 7. The molecule has 2 saturated heterocycles. The Morgan fingerprint density at radius 3 is 2.10 bits per heavy atom. The van der Waals surface area contributed by atoms with Crippen molar-refractivity contribution in [3.8, 4) is 5.75 Å². The summed E-state index contributed by atoms with van der Waals surface area (Å²) in [6, 6.07) is 0. The number of nitrogens with one attached hydrogen (secondary N) is 3. The first-order chi connectivity index (χ1) is 10.3. The number of aromatic nitrogens is 2. The summed E-state index contributed by atoms with van der Waals surface area (Å²) in [6.07, 6.45) is 1.46. The van der Waals surface area contributed by atoms with Crippen molar-refractivity contribution in [1.29, 1.82) is 0 Å². The van der Waals surface area contributed by atoms with E-state index < -0.39 is 0 Å². The van der Waals surface area contributed by atoms with Gasteiger partial charge in [0.15, 0.2) is 16.7 Å². The number of piperazine rings is 2. The van der Waals surface area contributed by atoms with Crippen LogP contribution in [0.25, 0.3) is 0 Å². The van der Waals surface area contributed by atoms with E-state index in [4.69, 9.17) is 16.3 Å². The van der Waals surface area contributed by atoms with E-state index in [-0.39, 0.29) is 0 Å². The first-order valence-electron chi connectivity index (χ1n) is 7.24. The zero-order valence-electron chi connectivity index (χ0n) is 12.4. The lowest BCUT2D eigenvalue weighted by Crippen LogP contribution is -2.44. The summed E-state index contributed by atoms with van der Waals surface area (Å²) in [6.45, 7) is 8.27. The number of rotatable bonds is 2. The molecule has 0 aromatic carbocycles. The quantitative estimate of drug-likeness (QED) is 0.649. The predicted molar refractivity (Wildman–Crippen MR) is 84.4 cm³/mol. The van der Waals surface area contributed by atoms with Gasteiger partial charge in [-0.1, -0.05) is 11.6 Å². The SMILES string of the molecule is C1CNCCN1.COc1c(Cl)ncnc1N1CCNCC1. The normalized spacial score (nSPS) is 18.7. The van der Waals surface area contributed by atoms with Gasteiger partial charge in [0, 0.05) is 52.4 Å². The minimum atomic E-state index is 0.362. The van der Waals surface area contributed by atoms with Gasteiger partial charge < -0.3 is 25.6 Å². The Balaban J connectivity index is 0.000000225. The molecule has 3 N–H and O–H groups in total. The summed E-state index contributed by atoms with van der Waals surface area (Å²) < 4.78 is 5.21. The van der Waals surface area contributed by atoms with Crippen molar-refractivity contribution in [2.45, 2.75) is 0 Å². The van der Waals surface area contributed by atoms with Crippen LogP contribution in [-0.4, -0.2) is 69.4 Å². The average molecular weight is 315 g/mol. The second-order valence-corrected chi connectivity index (χ2v) is 5.12. The van der Waals surface area contributed by atoms with Gasteiger partial charge in [-0.15, -0.1) is 0 Å². The molecule has 2 aliphatic rings. The zero-order chi connectivity index (χ0) is 14.9. The minimum absolute atomic E-state index is 0.362. The van der Waals surface area contributed by atoms with Crippen LogP contribution in [0.4, 0.5) is 5.82 Å². The Kier molecular flexibility index (Phi) is 6.94. The van der Waals surface area contributed by atoms with Gasteiger partial charge in [-0.05, 0) is 0 Å². The van der Waals surface area contributed by atoms with E-state index in [0.29, 0.717) is 10.9 Å². The molecule has 2 fully saturated rings. The lowest BCUT2D eigenvalue weighted by Gasteiger charge is -2.29. The Hall–Kier alpha value is -1.15. The van der Waals surface area contributed by atoms with Crippen LogP contribution in [0, 0.1) is 0 Å². The van der Waals surface area contributed by atoms with Crippen LogP contribution in [0.5, 0.6) is 5.75 Å². The van der Waals surface area contributed by atoms with Crippen molar-refractivity contribution in [3.63, 3.8) is 0 Å². The zero-order valence-corrected chi connectivity index (χ0v) is 13.1. The van der Waals surface area contributed by atoms with E-state index in [2.05, 4.69) is 30.8 Å². The predicted octanol–water partition coefficient (Wildman–Crippen LogP) is -0.273. The monoisotopic (exact) mass is 314 g/mol. The lowest BCUT2D eigenvalue weighted by atomic mass is 10.3. The van der Waals surface area contributed by atoms with Gasteiger partial charge in [0.25, 0.3) is 0 Å². The number of anilines is 1. The highest BCUT2D eigenvalue weighted by molar-refractivity contribution is 6.31. The summed E-state index contributed by atoms with van der Waals surface area (Å²) in [7, 11) is 1.58. The molecule has 0 unspecified atom stereocenters. The van der Waals surface area contributed by atoms with Gasteiger partial charge >= 0.3 is 0 Å². The van der Waals surface area contributed by atoms with E-state index in [9.17, 15) is 0 Å². The molecule has 2 aliphatic heterocycles. The molecule has 8 heteroatoms. The van der Waals surface area contributed by atoms with E-state index in [1.54, 1.807) is 7.11 Å². The van der Waals surface area contributed by atoms with Crippen molar-refractivity contribution < 1.29 is 4.74 Å². The van der Waals surface area contributed by atoms with E-state index in [0.717, 1.165) is 58.2 Å². The van der Waals surface area contributed by atoms with Crippen LogP contribution in [0.2, 0.25) is 5.15 Å². The first kappa shape index (κ1) is 16.2. The molecular weight excluding hydrogens is 292 g/mol. The van der Waals surface area contributed by atoms with Crippen LogP contribution in [0.3, 0.4) is 0 Å². The maximum atomic E-state index is 5.93. The molecule has 21 heavy (non-hydrogen) atoms. The molecule has 1 aromatic heterocycles. The minimum Gasteiger partial charge on any atom is -0.490 e. The van der Waals surface area contributed by atoms with Crippen molar-refractivity contribution >= 4 is 17.4 Å². The first-order valence-corrected chi connectivity index (χ1v) is 7.62. The maximum Gasteiger partial charge on any atom is 0.199 e. The summed E-state index contributed by atoms with van der Waals surface area (Å²) >= 11 is 5.93. The standard InChI is InChI=1S/C9H13ClN4O.C4H10N2/c1-15-7-8(10)12-6-13-9(7)14-4-2-11-3-5-14;1-2-6-4-3-5-1/h6,11H,2-5H2,1H3;5-6H,1-4H2. The highest BCUT2D eigenvalue weighted by Gasteiger charge is 2.18. The fourth-order valence-corrected chi connectivity index (χ4v) is 2.43. The number of methoxy groups -OCH3 is 1. The molecule has 3 rings (SSSR count). The highest BCUT2D eigenvalue weighted by Crippen LogP contribution is 2.31. The van der Waals surface area contributed by atoms with Gasteiger partial charge in [0.2, 0.25) is 0 Å². The van der Waals surface area contributed by atoms with Gasteiger partial charge in [-0.2, -0.15) is 0 Å². The fourth-order valence-electron chi connectivity index (χ4n) is 2.22. The maximum absolute atomic E-state index is 5.93. The van der Waals surface area contributed by atoms with Crippen LogP contribution in [-0.2, 0) is 0 Å². The number of hydrogen-bond donors (Lipinski definition) is 3.